The van der Waals surface area contributed by atoms with Gasteiger partial charge in [0.15, 0.2) is 6.61 Å². The summed E-state index contributed by atoms with van der Waals surface area (Å²) in [6, 6.07) is 6.12. The number of benzene rings is 2. The Hall–Kier alpha value is -2.69. The van der Waals surface area contributed by atoms with Gasteiger partial charge in [-0.2, -0.15) is 0 Å². The van der Waals surface area contributed by atoms with Crippen LogP contribution < -0.4 is 5.32 Å². The summed E-state index contributed by atoms with van der Waals surface area (Å²) in [5, 5.41) is 2.70. The molecule has 2 aromatic rings. The minimum absolute atomic E-state index is 0.290. The van der Waals surface area contributed by atoms with E-state index in [1.165, 1.54) is 17.7 Å². The van der Waals surface area contributed by atoms with Crippen LogP contribution in [0.5, 0.6) is 0 Å². The van der Waals surface area contributed by atoms with E-state index in [2.05, 4.69) is 5.32 Å². The lowest BCUT2D eigenvalue weighted by Gasteiger charge is -2.17. The van der Waals surface area contributed by atoms with E-state index in [4.69, 9.17) is 4.74 Å². The van der Waals surface area contributed by atoms with Gasteiger partial charge in [0.05, 0.1) is 5.56 Å². The van der Waals surface area contributed by atoms with Gasteiger partial charge in [-0.1, -0.05) is 12.1 Å². The first kappa shape index (κ1) is 20.6. The molecule has 0 bridgehead atoms. The molecule has 0 aliphatic rings. The highest BCUT2D eigenvalue weighted by Crippen LogP contribution is 2.26. The third-order valence-electron chi connectivity index (χ3n) is 5.19. The predicted octanol–water partition coefficient (Wildman–Crippen LogP) is 3.88. The fourth-order valence-electron chi connectivity index (χ4n) is 3.06. The molecule has 0 aromatic heterocycles. The van der Waals surface area contributed by atoms with Crippen molar-refractivity contribution in [1.29, 1.82) is 0 Å². The molecule has 0 aliphatic carbocycles. The summed E-state index contributed by atoms with van der Waals surface area (Å²) in [4.78, 5) is 24.4. The van der Waals surface area contributed by atoms with Gasteiger partial charge in [-0.05, 0) is 86.6 Å². The average molecular weight is 371 g/mol. The molecule has 0 saturated heterocycles. The SMILES string of the molecule is Cc1c(C)c(C)c(C(=O)OCC(=O)NCCc2ccc(F)cc2)c(C)c1C. The number of nitrogens with one attached hydrogen (secondary N) is 1. The van der Waals surface area contributed by atoms with Gasteiger partial charge >= 0.3 is 5.97 Å². The van der Waals surface area contributed by atoms with Crippen LogP contribution >= 0.6 is 0 Å². The monoisotopic (exact) mass is 371 g/mol. The Kier molecular flexibility index (Phi) is 6.72. The summed E-state index contributed by atoms with van der Waals surface area (Å²) < 4.78 is 18.1. The minimum Gasteiger partial charge on any atom is -0.452 e. The van der Waals surface area contributed by atoms with Gasteiger partial charge in [0.1, 0.15) is 5.82 Å². The van der Waals surface area contributed by atoms with Gasteiger partial charge in [0.2, 0.25) is 0 Å². The predicted molar refractivity (Wildman–Crippen MR) is 104 cm³/mol. The molecular formula is C22H26FNO3. The zero-order valence-corrected chi connectivity index (χ0v) is 16.5. The van der Waals surface area contributed by atoms with Crippen molar-refractivity contribution in [3.05, 3.63) is 69.0 Å². The van der Waals surface area contributed by atoms with Gasteiger partial charge in [-0.25, -0.2) is 9.18 Å². The van der Waals surface area contributed by atoms with Crippen molar-refractivity contribution in [3.63, 3.8) is 0 Å². The number of carbonyl (C=O) groups excluding carboxylic acids is 2. The molecule has 4 nitrogen and oxygen atoms in total. The van der Waals surface area contributed by atoms with Gasteiger partial charge in [0, 0.05) is 6.54 Å². The van der Waals surface area contributed by atoms with Gasteiger partial charge in [-0.15, -0.1) is 0 Å². The average Bonchev–Trinajstić information content (AvgIpc) is 2.65. The molecule has 5 heteroatoms. The van der Waals surface area contributed by atoms with Crippen molar-refractivity contribution < 1.29 is 18.7 Å². The van der Waals surface area contributed by atoms with Gasteiger partial charge in [-0.3, -0.25) is 4.79 Å². The van der Waals surface area contributed by atoms with Crippen LogP contribution in [0.25, 0.3) is 0 Å². The van der Waals surface area contributed by atoms with E-state index < -0.39 is 5.97 Å². The molecule has 1 N–H and O–H groups in total. The molecule has 0 aliphatic heterocycles. The maximum absolute atomic E-state index is 12.9. The topological polar surface area (TPSA) is 55.4 Å². The maximum atomic E-state index is 12.9. The largest absolute Gasteiger partial charge is 0.452 e. The third-order valence-corrected chi connectivity index (χ3v) is 5.19. The number of halogens is 1. The van der Waals surface area contributed by atoms with Crippen LogP contribution in [-0.4, -0.2) is 25.0 Å². The Balaban J connectivity index is 1.90. The van der Waals surface area contributed by atoms with Crippen LogP contribution in [0.4, 0.5) is 4.39 Å². The van der Waals surface area contributed by atoms with Crippen LogP contribution in [0.15, 0.2) is 24.3 Å². The number of hydrogen-bond acceptors (Lipinski definition) is 3. The quantitative estimate of drug-likeness (QED) is 0.784. The summed E-state index contributed by atoms with van der Waals surface area (Å²) in [6.45, 7) is 9.86. The Morgan fingerprint density at radius 1 is 0.889 bits per heavy atom. The normalized spacial score (nSPS) is 10.6. The molecule has 2 rings (SSSR count). The molecule has 27 heavy (non-hydrogen) atoms. The second kappa shape index (κ2) is 8.80. The van der Waals surface area contributed by atoms with Crippen molar-refractivity contribution in [2.45, 2.75) is 41.0 Å². The Bertz CT molecular complexity index is 828. The molecule has 144 valence electrons. The van der Waals surface area contributed by atoms with Crippen molar-refractivity contribution in [2.75, 3.05) is 13.2 Å². The Labute approximate surface area is 159 Å². The zero-order valence-electron chi connectivity index (χ0n) is 16.5. The van der Waals surface area contributed by atoms with E-state index in [0.717, 1.165) is 27.8 Å². The fraction of sp³-hybridized carbons (Fsp3) is 0.364. The van der Waals surface area contributed by atoms with Crippen LogP contribution in [0.3, 0.4) is 0 Å². The molecule has 0 saturated carbocycles. The molecule has 0 fully saturated rings. The summed E-state index contributed by atoms with van der Waals surface area (Å²) in [6.07, 6.45) is 0.578. The highest BCUT2D eigenvalue weighted by atomic mass is 19.1. The molecule has 0 spiro atoms. The standard InChI is InChI=1S/C22H26FNO3/c1-13-14(2)16(4)21(17(5)15(13)3)22(26)27-12-20(25)24-11-10-18-6-8-19(23)9-7-18/h6-9H,10-12H2,1-5H3,(H,24,25). The molecule has 0 atom stereocenters. The number of rotatable bonds is 6. The number of ether oxygens (including phenoxy) is 1. The van der Waals surface area contributed by atoms with Crippen molar-refractivity contribution in [1.82, 2.24) is 5.32 Å². The molecule has 2 aromatic carbocycles. The Morgan fingerprint density at radius 2 is 1.41 bits per heavy atom. The molecule has 0 radical (unpaired) electrons. The first-order valence-electron chi connectivity index (χ1n) is 8.97. The molecule has 0 unspecified atom stereocenters. The van der Waals surface area contributed by atoms with Gasteiger partial charge < -0.3 is 10.1 Å². The highest BCUT2D eigenvalue weighted by molar-refractivity contribution is 5.95. The van der Waals surface area contributed by atoms with E-state index >= 15 is 0 Å². The van der Waals surface area contributed by atoms with E-state index in [1.54, 1.807) is 12.1 Å². The van der Waals surface area contributed by atoms with E-state index in [-0.39, 0.29) is 18.3 Å². The van der Waals surface area contributed by atoms with Crippen LogP contribution in [-0.2, 0) is 16.0 Å². The Morgan fingerprint density at radius 3 is 1.96 bits per heavy atom. The van der Waals surface area contributed by atoms with Crippen LogP contribution in [0.2, 0.25) is 0 Å². The summed E-state index contributed by atoms with van der Waals surface area (Å²) >= 11 is 0. The van der Waals surface area contributed by atoms with Crippen molar-refractivity contribution >= 4 is 11.9 Å². The first-order chi connectivity index (χ1) is 12.7. The first-order valence-corrected chi connectivity index (χ1v) is 8.97. The molecule has 0 heterocycles. The second-order valence-electron chi connectivity index (χ2n) is 6.80. The van der Waals surface area contributed by atoms with E-state index in [9.17, 15) is 14.0 Å². The van der Waals surface area contributed by atoms with E-state index in [1.807, 2.05) is 34.6 Å². The van der Waals surface area contributed by atoms with Crippen molar-refractivity contribution in [3.8, 4) is 0 Å². The summed E-state index contributed by atoms with van der Waals surface area (Å²) in [5.74, 6) is -1.13. The zero-order chi connectivity index (χ0) is 20.1. The highest BCUT2D eigenvalue weighted by Gasteiger charge is 2.20. The van der Waals surface area contributed by atoms with Crippen LogP contribution in [0.1, 0.15) is 43.7 Å². The minimum atomic E-state index is -0.482. The summed E-state index contributed by atoms with van der Waals surface area (Å²) in [5.41, 5.74) is 6.53. The number of amides is 1. The lowest BCUT2D eigenvalue weighted by Crippen LogP contribution is -2.30. The third kappa shape index (κ3) is 4.94. The molecule has 1 amide bonds. The summed E-state index contributed by atoms with van der Waals surface area (Å²) in [7, 11) is 0. The van der Waals surface area contributed by atoms with Crippen molar-refractivity contribution in [2.24, 2.45) is 0 Å². The lowest BCUT2D eigenvalue weighted by molar-refractivity contribution is -0.124. The fourth-order valence-corrected chi connectivity index (χ4v) is 3.06. The van der Waals surface area contributed by atoms with Crippen LogP contribution in [0, 0.1) is 40.4 Å². The number of hydrogen-bond donors (Lipinski definition) is 1. The second-order valence-corrected chi connectivity index (χ2v) is 6.80. The lowest BCUT2D eigenvalue weighted by atomic mass is 9.90. The number of carbonyl (C=O) groups is 2. The number of esters is 1. The van der Waals surface area contributed by atoms with Gasteiger partial charge in [0.25, 0.3) is 5.91 Å². The molecular weight excluding hydrogens is 345 g/mol. The van der Waals surface area contributed by atoms with E-state index in [0.29, 0.717) is 18.5 Å². The maximum Gasteiger partial charge on any atom is 0.339 e. The smallest absolute Gasteiger partial charge is 0.339 e.